The van der Waals surface area contributed by atoms with Crippen LogP contribution in [0.2, 0.25) is 0 Å². The van der Waals surface area contributed by atoms with Crippen LogP contribution in [0, 0.1) is 5.41 Å². The molecule has 2 heterocycles. The standard InChI is InChI=1S/C53H39N5/c54-53-48(47-32-43(39-20-9-3-10-21-39)29-44(33-47)40-22-11-4-12-23-40)34-46(35-51(53)56-36-57-52-26-15-25-50(58-52)49-24-13-14-27-55-49)45-30-41(37-16-5-1-6-17-37)28-42(31-45)38-18-7-2-8-19-38/h1-35,54H,36H2,(H,57,58)/b54-53?,56-51-. The van der Waals surface area contributed by atoms with Gasteiger partial charge in [-0.1, -0.05) is 133 Å². The molecule has 2 aromatic heterocycles. The van der Waals surface area contributed by atoms with Crippen LogP contribution >= 0.6 is 0 Å². The quantitative estimate of drug-likeness (QED) is 0.137. The van der Waals surface area contributed by atoms with E-state index >= 15 is 0 Å². The van der Waals surface area contributed by atoms with Crippen LogP contribution in [0.3, 0.4) is 0 Å². The second-order valence-electron chi connectivity index (χ2n) is 14.1. The van der Waals surface area contributed by atoms with Crippen LogP contribution in [-0.2, 0) is 0 Å². The Labute approximate surface area is 339 Å². The minimum Gasteiger partial charge on any atom is -0.351 e. The van der Waals surface area contributed by atoms with Gasteiger partial charge in [0.15, 0.2) is 0 Å². The number of benzene rings is 6. The minimum absolute atomic E-state index is 0.228. The van der Waals surface area contributed by atoms with Crippen LogP contribution in [0.4, 0.5) is 5.82 Å². The maximum Gasteiger partial charge on any atom is 0.128 e. The Hall–Kier alpha value is -7.76. The Balaban J connectivity index is 1.18. The summed E-state index contributed by atoms with van der Waals surface area (Å²) in [6.45, 7) is 0.228. The van der Waals surface area contributed by atoms with Crippen molar-refractivity contribution in [1.29, 1.82) is 5.41 Å². The molecule has 6 aromatic carbocycles. The fourth-order valence-corrected chi connectivity index (χ4v) is 7.31. The zero-order valence-corrected chi connectivity index (χ0v) is 31.8. The number of hydrogen-bond donors (Lipinski definition) is 2. The molecule has 8 aromatic rings. The largest absolute Gasteiger partial charge is 0.351 e. The molecule has 9 rings (SSSR count). The molecule has 0 atom stereocenters. The van der Waals surface area contributed by atoms with Gasteiger partial charge in [0.1, 0.15) is 12.5 Å². The summed E-state index contributed by atoms with van der Waals surface area (Å²) in [4.78, 5) is 14.3. The van der Waals surface area contributed by atoms with Crippen LogP contribution < -0.4 is 5.32 Å². The van der Waals surface area contributed by atoms with Crippen LogP contribution in [0.25, 0.3) is 67.0 Å². The summed E-state index contributed by atoms with van der Waals surface area (Å²) in [6.07, 6.45) is 5.97. The number of allylic oxidation sites excluding steroid dienone is 4. The monoisotopic (exact) mass is 745 g/mol. The van der Waals surface area contributed by atoms with Gasteiger partial charge in [-0.05, 0) is 134 Å². The van der Waals surface area contributed by atoms with Gasteiger partial charge in [0.05, 0.1) is 22.8 Å². The van der Waals surface area contributed by atoms with E-state index in [0.29, 0.717) is 17.2 Å². The third-order valence-corrected chi connectivity index (χ3v) is 10.2. The molecule has 58 heavy (non-hydrogen) atoms. The van der Waals surface area contributed by atoms with Crippen molar-refractivity contribution in [2.45, 2.75) is 0 Å². The average Bonchev–Trinajstić information content (AvgIpc) is 3.31. The van der Waals surface area contributed by atoms with E-state index in [-0.39, 0.29) is 6.67 Å². The highest BCUT2D eigenvalue weighted by atomic mass is 15.1. The lowest BCUT2D eigenvalue weighted by Crippen LogP contribution is -2.19. The number of rotatable bonds is 10. The number of hydrogen-bond acceptors (Lipinski definition) is 5. The fourth-order valence-electron chi connectivity index (χ4n) is 7.31. The Morgan fingerprint density at radius 3 is 1.40 bits per heavy atom. The third kappa shape index (κ3) is 7.97. The van der Waals surface area contributed by atoms with Gasteiger partial charge in [0.2, 0.25) is 0 Å². The van der Waals surface area contributed by atoms with Crippen LogP contribution in [0.15, 0.2) is 217 Å². The van der Waals surface area contributed by atoms with E-state index in [1.165, 1.54) is 0 Å². The average molecular weight is 746 g/mol. The van der Waals surface area contributed by atoms with E-state index in [9.17, 15) is 5.41 Å². The summed E-state index contributed by atoms with van der Waals surface area (Å²) in [5.74, 6) is 0.681. The number of nitrogens with zero attached hydrogens (tertiary/aromatic N) is 3. The topological polar surface area (TPSA) is 74.0 Å². The number of anilines is 1. The highest BCUT2D eigenvalue weighted by molar-refractivity contribution is 6.62. The second-order valence-corrected chi connectivity index (χ2v) is 14.1. The van der Waals surface area contributed by atoms with E-state index < -0.39 is 0 Å². The highest BCUT2D eigenvalue weighted by Crippen LogP contribution is 2.37. The summed E-state index contributed by atoms with van der Waals surface area (Å²) in [7, 11) is 0. The summed E-state index contributed by atoms with van der Waals surface area (Å²) in [5, 5.41) is 13.1. The van der Waals surface area contributed by atoms with E-state index in [0.717, 1.165) is 78.2 Å². The predicted octanol–water partition coefficient (Wildman–Crippen LogP) is 12.8. The Kier molecular flexibility index (Phi) is 10.2. The third-order valence-electron chi connectivity index (χ3n) is 10.2. The first-order valence-corrected chi connectivity index (χ1v) is 19.4. The summed E-state index contributed by atoms with van der Waals surface area (Å²) in [6, 6.07) is 66.9. The molecule has 0 fully saturated rings. The lowest BCUT2D eigenvalue weighted by molar-refractivity contribution is 1.11. The molecule has 5 nitrogen and oxygen atoms in total. The van der Waals surface area contributed by atoms with Crippen molar-refractivity contribution >= 4 is 28.4 Å². The molecular formula is C53H39N5. The number of aromatic nitrogens is 2. The van der Waals surface area contributed by atoms with Crippen molar-refractivity contribution in [2.75, 3.05) is 12.0 Å². The second kappa shape index (κ2) is 16.5. The Morgan fingerprint density at radius 1 is 0.431 bits per heavy atom. The van der Waals surface area contributed by atoms with Crippen LogP contribution in [0.5, 0.6) is 0 Å². The lowest BCUT2D eigenvalue weighted by Gasteiger charge is -2.21. The van der Waals surface area contributed by atoms with Gasteiger partial charge < -0.3 is 5.32 Å². The molecule has 0 aliphatic heterocycles. The maximum atomic E-state index is 9.73. The number of aliphatic imine (C=N–C) groups is 1. The van der Waals surface area contributed by atoms with Gasteiger partial charge in [0.25, 0.3) is 0 Å². The zero-order chi connectivity index (χ0) is 39.1. The van der Waals surface area contributed by atoms with Crippen molar-refractivity contribution in [3.63, 3.8) is 0 Å². The molecule has 0 saturated carbocycles. The van der Waals surface area contributed by atoms with Gasteiger partial charge in [-0.15, -0.1) is 0 Å². The summed E-state index contributed by atoms with van der Waals surface area (Å²) < 4.78 is 0. The smallest absolute Gasteiger partial charge is 0.128 e. The molecule has 0 bridgehead atoms. The first-order valence-electron chi connectivity index (χ1n) is 19.4. The van der Waals surface area contributed by atoms with Crippen LogP contribution in [-0.4, -0.2) is 28.1 Å². The van der Waals surface area contributed by atoms with Crippen molar-refractivity contribution in [1.82, 2.24) is 9.97 Å². The first-order chi connectivity index (χ1) is 28.6. The Morgan fingerprint density at radius 2 is 0.897 bits per heavy atom. The lowest BCUT2D eigenvalue weighted by atomic mass is 9.84. The molecule has 0 saturated heterocycles. The molecule has 276 valence electrons. The van der Waals surface area contributed by atoms with Gasteiger partial charge in [-0.3, -0.25) is 15.4 Å². The van der Waals surface area contributed by atoms with Crippen molar-refractivity contribution in [2.24, 2.45) is 4.99 Å². The molecule has 5 heteroatoms. The highest BCUT2D eigenvalue weighted by Gasteiger charge is 2.22. The molecule has 0 amide bonds. The zero-order valence-electron chi connectivity index (χ0n) is 31.8. The molecule has 0 spiro atoms. The van der Waals surface area contributed by atoms with E-state index in [1.54, 1.807) is 6.20 Å². The fraction of sp³-hybridized carbons (Fsp3) is 0.0189. The number of pyridine rings is 2. The predicted molar refractivity (Wildman–Crippen MR) is 242 cm³/mol. The van der Waals surface area contributed by atoms with E-state index in [2.05, 4.69) is 150 Å². The van der Waals surface area contributed by atoms with Crippen molar-refractivity contribution in [3.8, 4) is 55.9 Å². The van der Waals surface area contributed by atoms with Gasteiger partial charge in [0, 0.05) is 11.8 Å². The maximum absolute atomic E-state index is 9.73. The first kappa shape index (κ1) is 35.9. The summed E-state index contributed by atoms with van der Waals surface area (Å²) >= 11 is 0. The molecule has 1 aliphatic rings. The Bertz CT molecular complexity index is 2700. The van der Waals surface area contributed by atoms with Gasteiger partial charge in [-0.2, -0.15) is 0 Å². The van der Waals surface area contributed by atoms with Crippen molar-refractivity contribution in [3.05, 3.63) is 224 Å². The molecular weight excluding hydrogens is 707 g/mol. The SMILES string of the molecule is N=C1C(c2cc(-c3ccccc3)cc(-c3ccccc3)c2)=CC(c2cc(-c3ccccc3)cc(-c3ccccc3)c2)=C/C1=N/CNc1cccc(-c2ccccn2)n1. The molecule has 2 N–H and O–H groups in total. The van der Waals surface area contributed by atoms with Gasteiger partial charge in [-0.25, -0.2) is 4.98 Å². The minimum atomic E-state index is 0.228. The normalized spacial score (nSPS) is 13.2. The van der Waals surface area contributed by atoms with E-state index in [4.69, 9.17) is 9.98 Å². The number of nitrogens with one attached hydrogen (secondary N) is 2. The van der Waals surface area contributed by atoms with Gasteiger partial charge >= 0.3 is 0 Å². The summed E-state index contributed by atoms with van der Waals surface area (Å²) in [5.41, 5.74) is 15.2. The molecule has 1 aliphatic carbocycles. The van der Waals surface area contributed by atoms with E-state index in [1.807, 2.05) is 66.7 Å². The molecule has 0 radical (unpaired) electrons. The van der Waals surface area contributed by atoms with Crippen LogP contribution in [0.1, 0.15) is 11.1 Å². The van der Waals surface area contributed by atoms with Crippen molar-refractivity contribution < 1.29 is 0 Å². The molecule has 0 unspecified atom stereocenters.